The summed E-state index contributed by atoms with van der Waals surface area (Å²) in [4.78, 5) is 36.9. The predicted octanol–water partition coefficient (Wildman–Crippen LogP) is 3.04. The zero-order valence-electron chi connectivity index (χ0n) is 17.8. The lowest BCUT2D eigenvalue weighted by Crippen LogP contribution is -2.47. The van der Waals surface area contributed by atoms with Crippen LogP contribution in [0.1, 0.15) is 85.5 Å². The zero-order valence-corrected chi connectivity index (χ0v) is 17.8. The molecule has 0 spiro atoms. The molecule has 7 heteroatoms. The van der Waals surface area contributed by atoms with Crippen LogP contribution < -0.4 is 5.32 Å². The number of carboxylic acid groups (broad SMARTS) is 1. The number of aliphatic hydroxyl groups is 1. The number of aliphatic carboxylic acids is 1. The van der Waals surface area contributed by atoms with E-state index < -0.39 is 23.0 Å². The second-order valence-corrected chi connectivity index (χ2v) is 8.99. The highest BCUT2D eigenvalue weighted by Crippen LogP contribution is 2.45. The molecule has 3 N–H and O–H groups in total. The van der Waals surface area contributed by atoms with Gasteiger partial charge in [-0.2, -0.15) is 0 Å². The number of amides is 1. The first-order chi connectivity index (χ1) is 13.0. The second-order valence-electron chi connectivity index (χ2n) is 8.99. The summed E-state index contributed by atoms with van der Waals surface area (Å²) in [6.07, 6.45) is 5.02. The molecule has 0 saturated heterocycles. The lowest BCUT2D eigenvalue weighted by Gasteiger charge is -2.33. The van der Waals surface area contributed by atoms with Crippen LogP contribution in [0, 0.1) is 11.3 Å². The molecule has 0 bridgehead atoms. The maximum atomic E-state index is 13.1. The van der Waals surface area contributed by atoms with Crippen LogP contribution in [0.3, 0.4) is 0 Å². The van der Waals surface area contributed by atoms with Gasteiger partial charge in [-0.15, -0.1) is 0 Å². The van der Waals surface area contributed by atoms with Crippen LogP contribution in [-0.2, 0) is 19.1 Å². The van der Waals surface area contributed by atoms with Gasteiger partial charge in [-0.05, 0) is 52.9 Å². The third-order valence-corrected chi connectivity index (χ3v) is 5.29. The van der Waals surface area contributed by atoms with Gasteiger partial charge in [0.25, 0.3) is 0 Å². The Labute approximate surface area is 168 Å². The van der Waals surface area contributed by atoms with Crippen LogP contribution in [0.25, 0.3) is 0 Å². The first-order valence-electron chi connectivity index (χ1n) is 10.4. The Morgan fingerprint density at radius 1 is 1.14 bits per heavy atom. The van der Waals surface area contributed by atoms with E-state index in [1.807, 2.05) is 27.7 Å². The van der Waals surface area contributed by atoms with E-state index in [9.17, 15) is 19.5 Å². The molecular weight excluding hydrogens is 362 g/mol. The molecule has 0 aliphatic heterocycles. The number of carboxylic acids is 1. The molecule has 2 atom stereocenters. The van der Waals surface area contributed by atoms with Crippen molar-refractivity contribution in [2.75, 3.05) is 6.61 Å². The van der Waals surface area contributed by atoms with Gasteiger partial charge in [0.1, 0.15) is 5.60 Å². The number of aliphatic hydroxyl groups excluding tert-OH is 1. The van der Waals surface area contributed by atoms with Crippen molar-refractivity contribution in [3.8, 4) is 0 Å². The fourth-order valence-electron chi connectivity index (χ4n) is 4.01. The van der Waals surface area contributed by atoms with Crippen LogP contribution in [0.4, 0.5) is 0 Å². The van der Waals surface area contributed by atoms with Crippen molar-refractivity contribution in [1.82, 2.24) is 5.32 Å². The molecule has 7 nitrogen and oxygen atoms in total. The molecule has 0 aromatic carbocycles. The number of esters is 1. The van der Waals surface area contributed by atoms with Crippen molar-refractivity contribution < 1.29 is 29.3 Å². The Hall–Kier alpha value is -1.63. The molecular formula is C21H37NO6. The van der Waals surface area contributed by atoms with Crippen molar-refractivity contribution in [3.63, 3.8) is 0 Å². The number of carbonyl (C=O) groups is 3. The largest absolute Gasteiger partial charge is 0.481 e. The fraction of sp³-hybridized carbons (Fsp3) is 0.857. The first kappa shape index (κ1) is 24.4. The summed E-state index contributed by atoms with van der Waals surface area (Å²) in [6, 6.07) is -0.612. The fourth-order valence-corrected chi connectivity index (χ4v) is 4.01. The number of rotatable bonds is 11. The van der Waals surface area contributed by atoms with E-state index in [1.165, 1.54) is 0 Å². The van der Waals surface area contributed by atoms with Crippen LogP contribution in [-0.4, -0.2) is 46.3 Å². The molecule has 0 heterocycles. The minimum atomic E-state index is -1.02. The summed E-state index contributed by atoms with van der Waals surface area (Å²) in [7, 11) is 0. The van der Waals surface area contributed by atoms with Crippen LogP contribution in [0.2, 0.25) is 0 Å². The Balaban J connectivity index is 2.96. The van der Waals surface area contributed by atoms with E-state index in [4.69, 9.17) is 9.84 Å². The van der Waals surface area contributed by atoms with Gasteiger partial charge in [-0.1, -0.05) is 26.2 Å². The number of carbonyl (C=O) groups excluding carboxylic acids is 2. The molecule has 0 aromatic rings. The summed E-state index contributed by atoms with van der Waals surface area (Å²) in [5, 5.41) is 21.1. The summed E-state index contributed by atoms with van der Waals surface area (Å²) < 4.78 is 5.58. The molecule has 28 heavy (non-hydrogen) atoms. The molecule has 162 valence electrons. The van der Waals surface area contributed by atoms with Gasteiger partial charge in [-0.3, -0.25) is 14.4 Å². The van der Waals surface area contributed by atoms with Crippen molar-refractivity contribution in [1.29, 1.82) is 0 Å². The van der Waals surface area contributed by atoms with E-state index >= 15 is 0 Å². The van der Waals surface area contributed by atoms with Crippen LogP contribution in [0.15, 0.2) is 0 Å². The smallest absolute Gasteiger partial charge is 0.309 e. The number of nitrogens with one attached hydrogen (secondary N) is 1. The number of hydrogen-bond acceptors (Lipinski definition) is 5. The topological polar surface area (TPSA) is 113 Å². The molecule has 0 unspecified atom stereocenters. The highest BCUT2D eigenvalue weighted by molar-refractivity contribution is 5.85. The third-order valence-electron chi connectivity index (χ3n) is 5.29. The SMILES string of the molecule is CCC[C@H](CC1(C(=O)N[C@H](CCO)CC(=O)O)CCCC1)C(=O)OC(C)(C)C. The molecule has 1 saturated carbocycles. The highest BCUT2D eigenvalue weighted by Gasteiger charge is 2.45. The Kier molecular flexibility index (Phi) is 9.40. The number of ether oxygens (including phenoxy) is 1. The summed E-state index contributed by atoms with van der Waals surface area (Å²) >= 11 is 0. The van der Waals surface area contributed by atoms with Crippen molar-refractivity contribution in [3.05, 3.63) is 0 Å². The molecule has 0 radical (unpaired) electrons. The summed E-state index contributed by atoms with van der Waals surface area (Å²) in [5.41, 5.74) is -1.26. The monoisotopic (exact) mass is 399 g/mol. The zero-order chi connectivity index (χ0) is 21.4. The minimum Gasteiger partial charge on any atom is -0.481 e. The standard InChI is InChI=1S/C21H37NO6/c1-5-8-15(18(26)28-20(2,3)4)14-21(10-6-7-11-21)19(27)22-16(9-12-23)13-17(24)25/h15-16,23H,5-14H2,1-4H3,(H,22,27)(H,24,25)/t15-,16-/m1/s1. The van der Waals surface area contributed by atoms with Gasteiger partial charge in [0.05, 0.1) is 17.8 Å². The van der Waals surface area contributed by atoms with E-state index in [-0.39, 0.29) is 37.2 Å². The Morgan fingerprint density at radius 3 is 2.21 bits per heavy atom. The molecule has 1 aliphatic rings. The van der Waals surface area contributed by atoms with Gasteiger partial charge in [-0.25, -0.2) is 0 Å². The molecule has 1 rings (SSSR count). The predicted molar refractivity (Wildman–Crippen MR) is 106 cm³/mol. The van der Waals surface area contributed by atoms with Gasteiger partial charge < -0.3 is 20.3 Å². The normalized spacial score (nSPS) is 18.3. The number of hydrogen-bond donors (Lipinski definition) is 3. The lowest BCUT2D eigenvalue weighted by molar-refractivity contribution is -0.162. The summed E-state index contributed by atoms with van der Waals surface area (Å²) in [5.74, 6) is -1.85. The maximum absolute atomic E-state index is 13.1. The van der Waals surface area contributed by atoms with Crippen molar-refractivity contribution in [2.24, 2.45) is 11.3 Å². The highest BCUT2D eigenvalue weighted by atomic mass is 16.6. The maximum Gasteiger partial charge on any atom is 0.309 e. The van der Waals surface area contributed by atoms with E-state index in [0.29, 0.717) is 25.7 Å². The average Bonchev–Trinajstić information content (AvgIpc) is 3.02. The lowest BCUT2D eigenvalue weighted by atomic mass is 9.75. The van der Waals surface area contributed by atoms with Gasteiger partial charge >= 0.3 is 11.9 Å². The quantitative estimate of drug-likeness (QED) is 0.460. The first-order valence-corrected chi connectivity index (χ1v) is 10.4. The second kappa shape index (κ2) is 10.8. The van der Waals surface area contributed by atoms with Gasteiger partial charge in [0.2, 0.25) is 5.91 Å². The Bertz CT molecular complexity index is 534. The van der Waals surface area contributed by atoms with Gasteiger partial charge in [0, 0.05) is 12.6 Å². The molecule has 0 aromatic heterocycles. The van der Waals surface area contributed by atoms with E-state index in [0.717, 1.165) is 19.3 Å². The minimum absolute atomic E-state index is 0.193. The molecule has 1 fully saturated rings. The third kappa shape index (κ3) is 7.78. The summed E-state index contributed by atoms with van der Waals surface area (Å²) in [6.45, 7) is 7.30. The Morgan fingerprint density at radius 2 is 1.75 bits per heavy atom. The van der Waals surface area contributed by atoms with E-state index in [1.54, 1.807) is 0 Å². The van der Waals surface area contributed by atoms with Gasteiger partial charge in [0.15, 0.2) is 0 Å². The van der Waals surface area contributed by atoms with Crippen molar-refractivity contribution >= 4 is 17.8 Å². The van der Waals surface area contributed by atoms with E-state index in [2.05, 4.69) is 5.32 Å². The van der Waals surface area contributed by atoms with Crippen LogP contribution >= 0.6 is 0 Å². The molecule has 1 amide bonds. The van der Waals surface area contributed by atoms with Crippen LogP contribution in [0.5, 0.6) is 0 Å². The average molecular weight is 400 g/mol. The molecule has 1 aliphatic carbocycles. The van der Waals surface area contributed by atoms with Crippen molar-refractivity contribution in [2.45, 2.75) is 97.1 Å².